The number of hydrogen-bond acceptors (Lipinski definition) is 2. The third-order valence-corrected chi connectivity index (χ3v) is 4.48. The van der Waals surface area contributed by atoms with Crippen LogP contribution in [-0.2, 0) is 6.42 Å². The minimum absolute atomic E-state index is 0.0551. The number of halogens is 1. The van der Waals surface area contributed by atoms with Crippen molar-refractivity contribution in [2.45, 2.75) is 12.8 Å². The van der Waals surface area contributed by atoms with E-state index in [-0.39, 0.29) is 5.78 Å². The number of primary amides is 1. The number of benzene rings is 3. The van der Waals surface area contributed by atoms with Crippen molar-refractivity contribution >= 4 is 23.3 Å². The number of hydrogen-bond donors (Lipinski definition) is 1. The Morgan fingerprint density at radius 2 is 1.58 bits per heavy atom. The van der Waals surface area contributed by atoms with Crippen LogP contribution in [0.3, 0.4) is 0 Å². The largest absolute Gasteiger partial charge is 0.366 e. The van der Waals surface area contributed by atoms with Gasteiger partial charge in [0, 0.05) is 22.6 Å². The first-order valence-corrected chi connectivity index (χ1v) is 8.69. The topological polar surface area (TPSA) is 60.2 Å². The highest BCUT2D eigenvalue weighted by Crippen LogP contribution is 2.28. The van der Waals surface area contributed by atoms with Gasteiger partial charge in [-0.3, -0.25) is 9.59 Å². The lowest BCUT2D eigenvalue weighted by Crippen LogP contribution is -2.10. The van der Waals surface area contributed by atoms with E-state index >= 15 is 0 Å². The molecule has 1 amide bonds. The molecule has 3 rings (SSSR count). The van der Waals surface area contributed by atoms with Crippen molar-refractivity contribution in [3.8, 4) is 11.1 Å². The second-order valence-electron chi connectivity index (χ2n) is 6.04. The van der Waals surface area contributed by atoms with Gasteiger partial charge in [-0.2, -0.15) is 0 Å². The molecule has 0 saturated carbocycles. The summed E-state index contributed by atoms with van der Waals surface area (Å²) in [6.45, 7) is 0. The van der Waals surface area contributed by atoms with Gasteiger partial charge < -0.3 is 5.73 Å². The molecular formula is C22H18ClNO2. The zero-order chi connectivity index (χ0) is 18.5. The Bertz CT molecular complexity index is 934. The highest BCUT2D eigenvalue weighted by molar-refractivity contribution is 6.31. The molecule has 4 heteroatoms. The first-order valence-electron chi connectivity index (χ1n) is 8.31. The molecule has 0 aliphatic rings. The minimum atomic E-state index is -0.484. The number of nitrogens with two attached hydrogens (primary N) is 1. The summed E-state index contributed by atoms with van der Waals surface area (Å²) in [6, 6.07) is 22.0. The molecule has 0 atom stereocenters. The normalized spacial score (nSPS) is 10.5. The van der Waals surface area contributed by atoms with Gasteiger partial charge >= 0.3 is 0 Å². The van der Waals surface area contributed by atoms with Crippen molar-refractivity contribution in [3.05, 3.63) is 94.5 Å². The molecule has 0 aromatic heterocycles. The SMILES string of the molecule is NC(=O)c1ccc(-c2cc(Cl)ccc2C(=O)CCc2ccccc2)cc1. The number of rotatable bonds is 6. The van der Waals surface area contributed by atoms with Gasteiger partial charge in [0.25, 0.3) is 0 Å². The Morgan fingerprint density at radius 1 is 0.885 bits per heavy atom. The van der Waals surface area contributed by atoms with E-state index in [4.69, 9.17) is 17.3 Å². The lowest BCUT2D eigenvalue weighted by atomic mass is 9.94. The molecule has 3 aromatic rings. The fourth-order valence-electron chi connectivity index (χ4n) is 2.85. The van der Waals surface area contributed by atoms with E-state index in [9.17, 15) is 9.59 Å². The van der Waals surface area contributed by atoms with E-state index in [1.807, 2.05) is 30.3 Å². The van der Waals surface area contributed by atoms with E-state index < -0.39 is 5.91 Å². The van der Waals surface area contributed by atoms with Gasteiger partial charge in [-0.15, -0.1) is 0 Å². The van der Waals surface area contributed by atoms with Crippen LogP contribution >= 0.6 is 11.6 Å². The molecule has 0 fully saturated rings. The summed E-state index contributed by atoms with van der Waals surface area (Å²) in [7, 11) is 0. The maximum absolute atomic E-state index is 12.8. The van der Waals surface area contributed by atoms with Crippen LogP contribution in [0.2, 0.25) is 5.02 Å². The second-order valence-corrected chi connectivity index (χ2v) is 6.48. The molecule has 0 unspecified atom stereocenters. The van der Waals surface area contributed by atoms with Gasteiger partial charge in [-0.1, -0.05) is 54.1 Å². The molecule has 2 N–H and O–H groups in total. The maximum atomic E-state index is 12.8. The quantitative estimate of drug-likeness (QED) is 0.632. The zero-order valence-corrected chi connectivity index (χ0v) is 14.9. The minimum Gasteiger partial charge on any atom is -0.366 e. The molecule has 26 heavy (non-hydrogen) atoms. The Morgan fingerprint density at radius 3 is 2.23 bits per heavy atom. The van der Waals surface area contributed by atoms with Crippen molar-refractivity contribution in [1.82, 2.24) is 0 Å². The summed E-state index contributed by atoms with van der Waals surface area (Å²) in [5.41, 5.74) is 9.03. The van der Waals surface area contributed by atoms with Gasteiger partial charge in [0.05, 0.1) is 0 Å². The molecule has 0 saturated heterocycles. The molecule has 0 heterocycles. The van der Waals surface area contributed by atoms with E-state index in [2.05, 4.69) is 0 Å². The number of amides is 1. The predicted octanol–water partition coefficient (Wildman–Crippen LogP) is 4.92. The number of Topliss-reactive ketones (excluding diaryl/α,β-unsaturated/α-hetero) is 1. The van der Waals surface area contributed by atoms with Crippen molar-refractivity contribution in [2.24, 2.45) is 5.73 Å². The monoisotopic (exact) mass is 363 g/mol. The van der Waals surface area contributed by atoms with Crippen molar-refractivity contribution in [1.29, 1.82) is 0 Å². The van der Waals surface area contributed by atoms with Crippen molar-refractivity contribution in [2.75, 3.05) is 0 Å². The summed E-state index contributed by atoms with van der Waals surface area (Å²) in [5.74, 6) is -0.429. The fourth-order valence-corrected chi connectivity index (χ4v) is 3.02. The fraction of sp³-hybridized carbons (Fsp3) is 0.0909. The molecule has 3 nitrogen and oxygen atoms in total. The smallest absolute Gasteiger partial charge is 0.248 e. The van der Waals surface area contributed by atoms with Gasteiger partial charge in [0.2, 0.25) is 5.91 Å². The third kappa shape index (κ3) is 4.19. The summed E-state index contributed by atoms with van der Waals surface area (Å²) in [5, 5.41) is 0.554. The third-order valence-electron chi connectivity index (χ3n) is 4.25. The summed E-state index contributed by atoms with van der Waals surface area (Å²) < 4.78 is 0. The molecule has 0 bridgehead atoms. The lowest BCUT2D eigenvalue weighted by Gasteiger charge is -2.10. The molecular weight excluding hydrogens is 346 g/mol. The van der Waals surface area contributed by atoms with Crippen molar-refractivity contribution in [3.63, 3.8) is 0 Å². The number of ketones is 1. The van der Waals surface area contributed by atoms with Crippen LogP contribution in [0.15, 0.2) is 72.8 Å². The Labute approximate surface area is 157 Å². The van der Waals surface area contributed by atoms with Crippen LogP contribution in [0.5, 0.6) is 0 Å². The zero-order valence-electron chi connectivity index (χ0n) is 14.1. The lowest BCUT2D eigenvalue weighted by molar-refractivity contribution is 0.0980. The molecule has 0 aliphatic heterocycles. The van der Waals surface area contributed by atoms with Crippen LogP contribution in [0.25, 0.3) is 11.1 Å². The standard InChI is InChI=1S/C22H18ClNO2/c23-18-11-12-19(21(25)13-6-15-4-2-1-3-5-15)20(14-18)16-7-9-17(10-8-16)22(24)26/h1-5,7-12,14H,6,13H2,(H2,24,26). The van der Waals surface area contributed by atoms with E-state index in [1.54, 1.807) is 42.5 Å². The molecule has 130 valence electrons. The molecule has 0 radical (unpaired) electrons. The van der Waals surface area contributed by atoms with E-state index in [0.29, 0.717) is 29.0 Å². The predicted molar refractivity (Wildman–Crippen MR) is 104 cm³/mol. The summed E-state index contributed by atoms with van der Waals surface area (Å²) in [4.78, 5) is 24.0. The Kier molecular flexibility index (Phi) is 5.49. The van der Waals surface area contributed by atoms with Crippen molar-refractivity contribution < 1.29 is 9.59 Å². The second kappa shape index (κ2) is 7.98. The van der Waals surface area contributed by atoms with Crippen LogP contribution in [0.4, 0.5) is 0 Å². The van der Waals surface area contributed by atoms with Crippen LogP contribution in [-0.4, -0.2) is 11.7 Å². The van der Waals surface area contributed by atoms with E-state index in [1.165, 1.54) is 0 Å². The molecule has 3 aromatic carbocycles. The maximum Gasteiger partial charge on any atom is 0.248 e. The molecule has 0 spiro atoms. The Balaban J connectivity index is 1.87. The van der Waals surface area contributed by atoms with Gasteiger partial charge in [-0.05, 0) is 53.4 Å². The Hall–Kier alpha value is -2.91. The number of carbonyl (C=O) groups excluding carboxylic acids is 2. The van der Waals surface area contributed by atoms with Gasteiger partial charge in [0.15, 0.2) is 5.78 Å². The number of aryl methyl sites for hydroxylation is 1. The average Bonchev–Trinajstić information content (AvgIpc) is 2.67. The summed E-state index contributed by atoms with van der Waals surface area (Å²) >= 11 is 6.14. The van der Waals surface area contributed by atoms with Gasteiger partial charge in [-0.25, -0.2) is 0 Å². The van der Waals surface area contributed by atoms with Crippen LogP contribution in [0, 0.1) is 0 Å². The number of carbonyl (C=O) groups is 2. The first kappa shape index (κ1) is 17.9. The summed E-state index contributed by atoms with van der Waals surface area (Å²) in [6.07, 6.45) is 1.10. The van der Waals surface area contributed by atoms with E-state index in [0.717, 1.165) is 16.7 Å². The first-order chi connectivity index (χ1) is 12.5. The average molecular weight is 364 g/mol. The highest BCUT2D eigenvalue weighted by atomic mass is 35.5. The van der Waals surface area contributed by atoms with Crippen LogP contribution in [0.1, 0.15) is 32.7 Å². The van der Waals surface area contributed by atoms with Crippen LogP contribution < -0.4 is 5.73 Å². The van der Waals surface area contributed by atoms with Gasteiger partial charge in [0.1, 0.15) is 0 Å². The molecule has 0 aliphatic carbocycles. The highest BCUT2D eigenvalue weighted by Gasteiger charge is 2.14.